The number of para-hydroxylation sites is 2. The Labute approximate surface area is 250 Å². The lowest BCUT2D eigenvalue weighted by Gasteiger charge is -2.13. The highest BCUT2D eigenvalue weighted by atomic mass is 16.5. The summed E-state index contributed by atoms with van der Waals surface area (Å²) < 4.78 is 27.0. The van der Waals surface area contributed by atoms with E-state index in [0.29, 0.717) is 51.8 Å². The van der Waals surface area contributed by atoms with Gasteiger partial charge in [0.05, 0.1) is 52.7 Å². The minimum Gasteiger partial charge on any atom is -0.497 e. The summed E-state index contributed by atoms with van der Waals surface area (Å²) >= 11 is 0. The van der Waals surface area contributed by atoms with Gasteiger partial charge in [0.25, 0.3) is 0 Å². The van der Waals surface area contributed by atoms with Crippen LogP contribution in [-0.2, 0) is 0 Å². The molecule has 4 rings (SSSR count). The SMILES string of the molecule is COc1cc(OC)cc(C(C)=NNc2cc(Nc3ccccc3OC)nc(NN=C(C)c3cc(OC)cc(OC)c3)n2)c1. The van der Waals surface area contributed by atoms with Crippen LogP contribution in [0.2, 0.25) is 0 Å². The van der Waals surface area contributed by atoms with E-state index in [9.17, 15) is 0 Å². The standard InChI is InChI=1S/C31H35N7O5/c1-19(21-12-23(39-3)16-24(13-21)40-4)35-37-30-18-29(32-27-10-8-9-11-28(27)43-7)33-31(34-30)38-36-20(2)22-14-25(41-5)17-26(15-22)42-6/h8-18H,1-7H3,(H3,32,33,34,37,38). The van der Waals surface area contributed by atoms with Crippen LogP contribution >= 0.6 is 0 Å². The van der Waals surface area contributed by atoms with Crippen LogP contribution in [0.4, 0.5) is 23.3 Å². The lowest BCUT2D eigenvalue weighted by atomic mass is 10.1. The molecule has 0 saturated heterocycles. The van der Waals surface area contributed by atoms with Gasteiger partial charge in [-0.2, -0.15) is 20.2 Å². The average Bonchev–Trinajstić information content (AvgIpc) is 3.05. The van der Waals surface area contributed by atoms with Gasteiger partial charge in [-0.05, 0) is 50.2 Å². The predicted octanol–water partition coefficient (Wildman–Crippen LogP) is 5.94. The van der Waals surface area contributed by atoms with E-state index in [1.54, 1.807) is 53.7 Å². The molecule has 0 saturated carbocycles. The maximum Gasteiger partial charge on any atom is 0.247 e. The van der Waals surface area contributed by atoms with Gasteiger partial charge < -0.3 is 29.0 Å². The highest BCUT2D eigenvalue weighted by Crippen LogP contribution is 2.28. The van der Waals surface area contributed by atoms with Crippen molar-refractivity contribution in [2.75, 3.05) is 51.7 Å². The number of nitrogens with zero attached hydrogens (tertiary/aromatic N) is 4. The third kappa shape index (κ3) is 8.03. The van der Waals surface area contributed by atoms with E-state index >= 15 is 0 Å². The van der Waals surface area contributed by atoms with Gasteiger partial charge in [-0.3, -0.25) is 5.43 Å². The molecule has 12 nitrogen and oxygen atoms in total. The first-order chi connectivity index (χ1) is 20.8. The van der Waals surface area contributed by atoms with Crippen molar-refractivity contribution in [3.63, 3.8) is 0 Å². The normalized spacial score (nSPS) is 11.4. The van der Waals surface area contributed by atoms with E-state index in [1.165, 1.54) is 0 Å². The Bertz CT molecular complexity index is 1490. The predicted molar refractivity (Wildman–Crippen MR) is 169 cm³/mol. The number of benzene rings is 3. The number of hydrogen-bond donors (Lipinski definition) is 3. The molecule has 0 radical (unpaired) electrons. The molecule has 4 aromatic rings. The van der Waals surface area contributed by atoms with Crippen molar-refractivity contribution in [2.24, 2.45) is 10.2 Å². The molecule has 0 unspecified atom stereocenters. The Hall–Kier alpha value is -5.52. The van der Waals surface area contributed by atoms with E-state index < -0.39 is 0 Å². The Kier molecular flexibility index (Phi) is 10.2. The molecule has 0 aliphatic carbocycles. The molecule has 0 fully saturated rings. The fraction of sp³-hybridized carbons (Fsp3) is 0.226. The van der Waals surface area contributed by atoms with Gasteiger partial charge in [0.1, 0.15) is 34.6 Å². The Morgan fingerprint density at radius 3 is 1.58 bits per heavy atom. The minimum absolute atomic E-state index is 0.229. The first kappa shape index (κ1) is 30.4. The van der Waals surface area contributed by atoms with Gasteiger partial charge >= 0.3 is 0 Å². The van der Waals surface area contributed by atoms with Crippen molar-refractivity contribution < 1.29 is 23.7 Å². The van der Waals surface area contributed by atoms with Gasteiger partial charge in [-0.25, -0.2) is 5.43 Å². The summed E-state index contributed by atoms with van der Waals surface area (Å²) in [6, 6.07) is 20.3. The van der Waals surface area contributed by atoms with Crippen molar-refractivity contribution >= 4 is 34.7 Å². The van der Waals surface area contributed by atoms with Crippen LogP contribution in [0.25, 0.3) is 0 Å². The highest BCUT2D eigenvalue weighted by Gasteiger charge is 2.10. The maximum absolute atomic E-state index is 5.49. The first-order valence-electron chi connectivity index (χ1n) is 13.2. The van der Waals surface area contributed by atoms with Crippen LogP contribution in [0, 0.1) is 0 Å². The van der Waals surface area contributed by atoms with Crippen LogP contribution in [0.1, 0.15) is 25.0 Å². The van der Waals surface area contributed by atoms with Crippen molar-refractivity contribution in [3.05, 3.63) is 77.9 Å². The number of ether oxygens (including phenoxy) is 5. The van der Waals surface area contributed by atoms with Crippen LogP contribution in [0.3, 0.4) is 0 Å². The van der Waals surface area contributed by atoms with E-state index in [1.807, 2.05) is 62.4 Å². The van der Waals surface area contributed by atoms with E-state index in [0.717, 1.165) is 16.8 Å². The lowest BCUT2D eigenvalue weighted by Crippen LogP contribution is -2.07. The van der Waals surface area contributed by atoms with Crippen molar-refractivity contribution in [3.8, 4) is 28.7 Å². The zero-order valence-corrected chi connectivity index (χ0v) is 25.2. The van der Waals surface area contributed by atoms with Gasteiger partial charge in [0.15, 0.2) is 5.82 Å². The topological polar surface area (TPSA) is 133 Å². The molecule has 43 heavy (non-hydrogen) atoms. The van der Waals surface area contributed by atoms with Crippen LogP contribution < -0.4 is 39.9 Å². The largest absolute Gasteiger partial charge is 0.497 e. The summed E-state index contributed by atoms with van der Waals surface area (Å²) in [5.74, 6) is 4.40. The van der Waals surface area contributed by atoms with Gasteiger partial charge in [0, 0.05) is 29.3 Å². The molecular weight excluding hydrogens is 550 g/mol. The number of methoxy groups -OCH3 is 5. The van der Waals surface area contributed by atoms with Gasteiger partial charge in [-0.15, -0.1) is 0 Å². The van der Waals surface area contributed by atoms with Gasteiger partial charge in [0.2, 0.25) is 5.95 Å². The Morgan fingerprint density at radius 1 is 0.581 bits per heavy atom. The van der Waals surface area contributed by atoms with Crippen molar-refractivity contribution in [2.45, 2.75) is 13.8 Å². The summed E-state index contributed by atoms with van der Waals surface area (Å²) in [7, 11) is 8.01. The fourth-order valence-electron chi connectivity index (χ4n) is 3.94. The van der Waals surface area contributed by atoms with Crippen LogP contribution in [0.5, 0.6) is 28.7 Å². The molecule has 1 heterocycles. The summed E-state index contributed by atoms with van der Waals surface area (Å²) in [5, 5.41) is 12.3. The second-order valence-electron chi connectivity index (χ2n) is 9.11. The second kappa shape index (κ2) is 14.4. The maximum atomic E-state index is 5.49. The number of nitrogens with one attached hydrogen (secondary N) is 3. The molecule has 3 aromatic carbocycles. The molecule has 0 amide bonds. The molecule has 0 aliphatic heterocycles. The zero-order chi connectivity index (χ0) is 30.8. The average molecular weight is 586 g/mol. The molecule has 0 spiro atoms. The summed E-state index contributed by atoms with van der Waals surface area (Å²) in [4.78, 5) is 9.17. The molecule has 0 bridgehead atoms. The number of anilines is 4. The number of hydrogen-bond acceptors (Lipinski definition) is 12. The second-order valence-corrected chi connectivity index (χ2v) is 9.11. The number of aromatic nitrogens is 2. The minimum atomic E-state index is 0.229. The summed E-state index contributed by atoms with van der Waals surface area (Å²) in [5.41, 5.74) is 9.68. The number of rotatable bonds is 13. The molecule has 224 valence electrons. The first-order valence-corrected chi connectivity index (χ1v) is 13.2. The highest BCUT2D eigenvalue weighted by molar-refractivity contribution is 6.00. The van der Waals surface area contributed by atoms with Gasteiger partial charge in [-0.1, -0.05) is 12.1 Å². The van der Waals surface area contributed by atoms with E-state index in [4.69, 9.17) is 23.7 Å². The quantitative estimate of drug-likeness (QED) is 0.128. The third-order valence-electron chi connectivity index (χ3n) is 6.30. The van der Waals surface area contributed by atoms with Crippen LogP contribution in [-0.4, -0.2) is 56.9 Å². The molecule has 1 aromatic heterocycles. The third-order valence-corrected chi connectivity index (χ3v) is 6.30. The molecule has 0 aliphatic rings. The molecule has 0 atom stereocenters. The lowest BCUT2D eigenvalue weighted by molar-refractivity contribution is 0.394. The van der Waals surface area contributed by atoms with Crippen LogP contribution in [0.15, 0.2) is 76.9 Å². The Morgan fingerprint density at radius 2 is 1.07 bits per heavy atom. The fourth-order valence-corrected chi connectivity index (χ4v) is 3.94. The smallest absolute Gasteiger partial charge is 0.247 e. The van der Waals surface area contributed by atoms with E-state index in [2.05, 4.69) is 36.3 Å². The summed E-state index contributed by atoms with van der Waals surface area (Å²) in [6.07, 6.45) is 0. The monoisotopic (exact) mass is 585 g/mol. The van der Waals surface area contributed by atoms with Crippen molar-refractivity contribution in [1.29, 1.82) is 0 Å². The number of hydrazone groups is 2. The molecule has 3 N–H and O–H groups in total. The zero-order valence-electron chi connectivity index (χ0n) is 25.2. The molecule has 12 heteroatoms. The summed E-state index contributed by atoms with van der Waals surface area (Å²) in [6.45, 7) is 3.72. The molecular formula is C31H35N7O5. The Balaban J connectivity index is 1.66. The van der Waals surface area contributed by atoms with E-state index in [-0.39, 0.29) is 5.95 Å². The van der Waals surface area contributed by atoms with Crippen molar-refractivity contribution in [1.82, 2.24) is 9.97 Å².